The number of hydrogen-bond acceptors (Lipinski definition) is 4. The van der Waals surface area contributed by atoms with E-state index in [0.717, 1.165) is 6.42 Å². The molecular weight excluding hydrogens is 344 g/mol. The van der Waals surface area contributed by atoms with Crippen LogP contribution in [0.5, 0.6) is 0 Å². The first-order chi connectivity index (χ1) is 11.6. The van der Waals surface area contributed by atoms with Crippen LogP contribution in [0.1, 0.15) is 47.2 Å². The van der Waals surface area contributed by atoms with E-state index >= 15 is 0 Å². The summed E-state index contributed by atoms with van der Waals surface area (Å²) < 4.78 is 27.4. The van der Waals surface area contributed by atoms with Gasteiger partial charge in [-0.25, -0.2) is 13.2 Å². The van der Waals surface area contributed by atoms with Gasteiger partial charge in [0.15, 0.2) is 0 Å². The van der Waals surface area contributed by atoms with Gasteiger partial charge in [0.2, 0.25) is 15.9 Å². The second-order valence-corrected chi connectivity index (χ2v) is 8.46. The molecule has 7 nitrogen and oxygen atoms in total. The molecular formula is C17H24N2O5S. The molecule has 1 aromatic carbocycles. The molecule has 1 aromatic rings. The van der Waals surface area contributed by atoms with Crippen LogP contribution in [0.25, 0.3) is 0 Å². The van der Waals surface area contributed by atoms with E-state index in [9.17, 15) is 23.1 Å². The fourth-order valence-electron chi connectivity index (χ4n) is 3.44. The summed E-state index contributed by atoms with van der Waals surface area (Å²) in [6.07, 6.45) is 2.23. The van der Waals surface area contributed by atoms with Crippen molar-refractivity contribution < 1.29 is 23.1 Å². The Labute approximate surface area is 147 Å². The average molecular weight is 368 g/mol. The summed E-state index contributed by atoms with van der Waals surface area (Å²) in [7, 11) is -3.79. The number of primary amides is 1. The highest BCUT2D eigenvalue weighted by molar-refractivity contribution is 7.89. The summed E-state index contributed by atoms with van der Waals surface area (Å²) in [5, 5.41) is 9.36. The lowest BCUT2D eigenvalue weighted by Gasteiger charge is -2.22. The molecule has 25 heavy (non-hydrogen) atoms. The molecule has 0 spiro atoms. The molecule has 138 valence electrons. The van der Waals surface area contributed by atoms with Crippen LogP contribution in [-0.2, 0) is 14.8 Å². The smallest absolute Gasteiger partial charge is 0.336 e. The zero-order valence-corrected chi connectivity index (χ0v) is 15.3. The number of nitrogens with zero attached hydrogens (tertiary/aromatic N) is 1. The van der Waals surface area contributed by atoms with E-state index in [1.165, 1.54) is 23.4 Å². The van der Waals surface area contributed by atoms with Gasteiger partial charge in [0.25, 0.3) is 0 Å². The number of benzene rings is 1. The zero-order chi connectivity index (χ0) is 18.8. The van der Waals surface area contributed by atoms with E-state index in [4.69, 9.17) is 5.73 Å². The van der Waals surface area contributed by atoms with Crippen molar-refractivity contribution in [1.29, 1.82) is 0 Å². The number of carbonyl (C=O) groups is 2. The first-order valence-corrected chi connectivity index (χ1v) is 9.70. The lowest BCUT2D eigenvalue weighted by atomic mass is 9.97. The van der Waals surface area contributed by atoms with Crippen LogP contribution < -0.4 is 5.73 Å². The number of aromatic carboxylic acids is 1. The number of amides is 1. The van der Waals surface area contributed by atoms with Gasteiger partial charge in [-0.05, 0) is 56.2 Å². The van der Waals surface area contributed by atoms with Crippen LogP contribution >= 0.6 is 0 Å². The Bertz CT molecular complexity index is 788. The molecule has 1 atom stereocenters. The number of aryl methyl sites for hydroxylation is 1. The zero-order valence-electron chi connectivity index (χ0n) is 14.5. The summed E-state index contributed by atoms with van der Waals surface area (Å²) in [5.41, 5.74) is 6.05. The van der Waals surface area contributed by atoms with E-state index in [1.807, 2.05) is 0 Å². The van der Waals surface area contributed by atoms with Crippen LogP contribution in [0.4, 0.5) is 0 Å². The number of carbonyl (C=O) groups excluding carboxylic acids is 1. The van der Waals surface area contributed by atoms with Gasteiger partial charge in [0.05, 0.1) is 10.5 Å². The number of carboxylic acid groups (broad SMARTS) is 1. The Balaban J connectivity index is 2.32. The number of rotatable bonds is 5. The minimum atomic E-state index is -3.79. The first kappa shape index (κ1) is 19.4. The number of sulfonamides is 1. The standard InChI is InChI=1S/C17H24N2O5S/c1-11-5-6-14(12(2)16(11)17(21)22)25(23,24)19-8-3-4-13(7-9-19)10-15(18)20/h5-6,13H,3-4,7-10H2,1-2H3,(H2,18,20)(H,21,22). The third-order valence-electron chi connectivity index (χ3n) is 4.75. The topological polar surface area (TPSA) is 118 Å². The van der Waals surface area contributed by atoms with E-state index in [0.29, 0.717) is 31.5 Å². The molecule has 0 aromatic heterocycles. The molecule has 3 N–H and O–H groups in total. The Morgan fingerprint density at radius 3 is 2.52 bits per heavy atom. The Kier molecular flexibility index (Phi) is 5.84. The predicted molar refractivity (Wildman–Crippen MR) is 92.8 cm³/mol. The number of carboxylic acids is 1. The van der Waals surface area contributed by atoms with Crippen molar-refractivity contribution in [1.82, 2.24) is 4.31 Å². The molecule has 0 aliphatic carbocycles. The molecule has 1 aliphatic heterocycles. The monoisotopic (exact) mass is 368 g/mol. The molecule has 8 heteroatoms. The summed E-state index contributed by atoms with van der Waals surface area (Å²) in [6.45, 7) is 3.83. The molecule has 1 heterocycles. The van der Waals surface area contributed by atoms with Gasteiger partial charge >= 0.3 is 5.97 Å². The van der Waals surface area contributed by atoms with Gasteiger partial charge in [-0.2, -0.15) is 4.31 Å². The molecule has 1 aliphatic rings. The van der Waals surface area contributed by atoms with Crippen LogP contribution in [0, 0.1) is 19.8 Å². The number of hydrogen-bond donors (Lipinski definition) is 2. The molecule has 0 radical (unpaired) electrons. The summed E-state index contributed by atoms with van der Waals surface area (Å²) in [6, 6.07) is 3.00. The summed E-state index contributed by atoms with van der Waals surface area (Å²) >= 11 is 0. The Morgan fingerprint density at radius 2 is 1.92 bits per heavy atom. The van der Waals surface area contributed by atoms with Gasteiger partial charge < -0.3 is 10.8 Å². The van der Waals surface area contributed by atoms with Crippen molar-refractivity contribution in [2.75, 3.05) is 13.1 Å². The summed E-state index contributed by atoms with van der Waals surface area (Å²) in [4.78, 5) is 22.6. The van der Waals surface area contributed by atoms with E-state index < -0.39 is 16.0 Å². The van der Waals surface area contributed by atoms with Crippen molar-refractivity contribution in [2.45, 2.75) is 44.4 Å². The molecule has 1 amide bonds. The van der Waals surface area contributed by atoms with Crippen LogP contribution in [0.15, 0.2) is 17.0 Å². The average Bonchev–Trinajstić information content (AvgIpc) is 2.72. The highest BCUT2D eigenvalue weighted by Crippen LogP contribution is 2.28. The largest absolute Gasteiger partial charge is 0.478 e. The second-order valence-electron chi connectivity index (χ2n) is 6.56. The highest BCUT2D eigenvalue weighted by atomic mass is 32.2. The van der Waals surface area contributed by atoms with Crippen LogP contribution in [-0.4, -0.2) is 42.8 Å². The minimum absolute atomic E-state index is 0.0301. The Morgan fingerprint density at radius 1 is 1.24 bits per heavy atom. The van der Waals surface area contributed by atoms with Gasteiger partial charge in [-0.1, -0.05) is 6.07 Å². The van der Waals surface area contributed by atoms with Crippen molar-refractivity contribution in [3.05, 3.63) is 28.8 Å². The quantitative estimate of drug-likeness (QED) is 0.819. The van der Waals surface area contributed by atoms with Crippen LogP contribution in [0.3, 0.4) is 0 Å². The lowest BCUT2D eigenvalue weighted by Crippen LogP contribution is -2.33. The highest BCUT2D eigenvalue weighted by Gasteiger charge is 2.30. The van der Waals surface area contributed by atoms with Crippen molar-refractivity contribution in [3.8, 4) is 0 Å². The third kappa shape index (κ3) is 4.19. The summed E-state index contributed by atoms with van der Waals surface area (Å²) in [5.74, 6) is -1.42. The van der Waals surface area contributed by atoms with Crippen LogP contribution in [0.2, 0.25) is 0 Å². The second kappa shape index (κ2) is 7.53. The SMILES string of the molecule is Cc1ccc(S(=O)(=O)N2CCCC(CC(N)=O)CC2)c(C)c1C(=O)O. The molecule has 1 unspecified atom stereocenters. The molecule has 0 saturated carbocycles. The van der Waals surface area contributed by atoms with Crippen molar-refractivity contribution >= 4 is 21.9 Å². The maximum Gasteiger partial charge on any atom is 0.336 e. The number of nitrogens with two attached hydrogens (primary N) is 1. The van der Waals surface area contributed by atoms with Gasteiger partial charge in [0.1, 0.15) is 0 Å². The molecule has 1 saturated heterocycles. The van der Waals surface area contributed by atoms with E-state index in [-0.39, 0.29) is 34.3 Å². The van der Waals surface area contributed by atoms with E-state index in [1.54, 1.807) is 6.92 Å². The lowest BCUT2D eigenvalue weighted by molar-refractivity contribution is -0.119. The van der Waals surface area contributed by atoms with Crippen molar-refractivity contribution in [2.24, 2.45) is 11.7 Å². The molecule has 1 fully saturated rings. The van der Waals surface area contributed by atoms with Crippen molar-refractivity contribution in [3.63, 3.8) is 0 Å². The molecule has 0 bridgehead atoms. The fourth-order valence-corrected chi connectivity index (χ4v) is 5.17. The molecule has 2 rings (SSSR count). The van der Waals surface area contributed by atoms with E-state index in [2.05, 4.69) is 0 Å². The predicted octanol–water partition coefficient (Wildman–Crippen LogP) is 1.67. The first-order valence-electron chi connectivity index (χ1n) is 8.26. The normalized spacial score (nSPS) is 19.4. The fraction of sp³-hybridized carbons (Fsp3) is 0.529. The third-order valence-corrected chi connectivity index (χ3v) is 6.79. The maximum absolute atomic E-state index is 13.0. The van der Waals surface area contributed by atoms with Gasteiger partial charge in [-0.15, -0.1) is 0 Å². The van der Waals surface area contributed by atoms with Gasteiger partial charge in [-0.3, -0.25) is 4.79 Å². The minimum Gasteiger partial charge on any atom is -0.478 e. The maximum atomic E-state index is 13.0. The Hall–Kier alpha value is -1.93. The van der Waals surface area contributed by atoms with Gasteiger partial charge in [0, 0.05) is 19.5 Å².